The van der Waals surface area contributed by atoms with Gasteiger partial charge in [0.1, 0.15) is 10.5 Å². The van der Waals surface area contributed by atoms with Crippen molar-refractivity contribution >= 4 is 51.6 Å². The topological polar surface area (TPSA) is 68.9 Å². The largest absolute Gasteiger partial charge is 0.351 e. The molecular formula is C22H19FN4O2S3. The third-order valence-corrected chi connectivity index (χ3v) is 7.18. The number of carbonyl (C=O) groups excluding carboxylic acids is 1. The molecule has 0 saturated heterocycles. The van der Waals surface area contributed by atoms with Crippen molar-refractivity contribution in [3.63, 3.8) is 0 Å². The Morgan fingerprint density at radius 1 is 1.19 bits per heavy atom. The van der Waals surface area contributed by atoms with Crippen LogP contribution in [0.25, 0.3) is 16.0 Å². The van der Waals surface area contributed by atoms with Gasteiger partial charge in [-0.1, -0.05) is 52.9 Å². The first-order valence-corrected chi connectivity index (χ1v) is 11.9. The number of hydrogen-bond acceptors (Lipinski definition) is 6. The molecule has 0 radical (unpaired) electrons. The number of hydrogen-bond donors (Lipinski definition) is 1. The highest BCUT2D eigenvalue weighted by molar-refractivity contribution is 7.99. The minimum absolute atomic E-state index is 0.0857. The summed E-state index contributed by atoms with van der Waals surface area (Å²) in [4.78, 5) is 29.9. The predicted molar refractivity (Wildman–Crippen MR) is 129 cm³/mol. The van der Waals surface area contributed by atoms with E-state index >= 15 is 0 Å². The fraction of sp³-hybridized carbons (Fsp3) is 0.182. The van der Waals surface area contributed by atoms with Crippen LogP contribution in [0.1, 0.15) is 11.1 Å². The predicted octanol–water partition coefficient (Wildman–Crippen LogP) is 4.37. The van der Waals surface area contributed by atoms with Crippen LogP contribution in [0, 0.1) is 16.7 Å². The summed E-state index contributed by atoms with van der Waals surface area (Å²) < 4.78 is 17.2. The van der Waals surface area contributed by atoms with Crippen LogP contribution in [0.2, 0.25) is 0 Å². The minimum atomic E-state index is -0.323. The van der Waals surface area contributed by atoms with Crippen LogP contribution in [0.5, 0.6) is 0 Å². The van der Waals surface area contributed by atoms with Crippen LogP contribution in [0.4, 0.5) is 4.39 Å². The van der Waals surface area contributed by atoms with Gasteiger partial charge in [-0.15, -0.1) is 0 Å². The van der Waals surface area contributed by atoms with Gasteiger partial charge >= 0.3 is 0 Å². The first-order chi connectivity index (χ1) is 15.3. The number of amides is 1. The van der Waals surface area contributed by atoms with E-state index in [1.165, 1.54) is 39.8 Å². The summed E-state index contributed by atoms with van der Waals surface area (Å²) >= 11 is 7.91. The Morgan fingerprint density at radius 2 is 1.88 bits per heavy atom. The molecule has 0 atom stereocenters. The van der Waals surface area contributed by atoms with E-state index in [1.807, 2.05) is 31.2 Å². The zero-order chi connectivity index (χ0) is 22.8. The normalized spacial score (nSPS) is 11.1. The molecule has 0 saturated carbocycles. The molecule has 0 unspecified atom stereocenters. The lowest BCUT2D eigenvalue weighted by atomic mass is 10.2. The number of benzene rings is 2. The Kier molecular flexibility index (Phi) is 6.54. The Balaban J connectivity index is 1.56. The Bertz CT molecular complexity index is 1410. The quantitative estimate of drug-likeness (QED) is 0.249. The first-order valence-electron chi connectivity index (χ1n) is 9.67. The standard InChI is InChI=1S/C22H19FN4O2S3/c1-13-3-9-16(10-4-13)27-19-18(32-22(27)30)20(29)26(2)21(25-19)31-12-17(28)24-11-14-5-7-15(23)8-6-14/h3-10H,11-12H2,1-2H3,(H,24,28). The summed E-state index contributed by atoms with van der Waals surface area (Å²) in [5.74, 6) is -0.450. The second kappa shape index (κ2) is 9.35. The number of nitrogens with one attached hydrogen (secondary N) is 1. The summed E-state index contributed by atoms with van der Waals surface area (Å²) in [6.45, 7) is 2.29. The van der Waals surface area contributed by atoms with Gasteiger partial charge in [0.15, 0.2) is 14.8 Å². The smallest absolute Gasteiger partial charge is 0.273 e. The lowest BCUT2D eigenvalue weighted by molar-refractivity contribution is -0.118. The van der Waals surface area contributed by atoms with Crippen molar-refractivity contribution in [1.29, 1.82) is 0 Å². The molecular weight excluding hydrogens is 467 g/mol. The van der Waals surface area contributed by atoms with E-state index in [-0.39, 0.29) is 23.0 Å². The van der Waals surface area contributed by atoms with Gasteiger partial charge in [-0.25, -0.2) is 9.37 Å². The summed E-state index contributed by atoms with van der Waals surface area (Å²) in [6.07, 6.45) is 0. The highest BCUT2D eigenvalue weighted by atomic mass is 32.2. The number of carbonyl (C=O) groups is 1. The third-order valence-electron chi connectivity index (χ3n) is 4.80. The summed E-state index contributed by atoms with van der Waals surface area (Å²) in [5.41, 5.74) is 3.03. The van der Waals surface area contributed by atoms with E-state index in [1.54, 1.807) is 23.7 Å². The molecule has 0 fully saturated rings. The summed E-state index contributed by atoms with van der Waals surface area (Å²) in [6, 6.07) is 13.8. The number of thiazole rings is 1. The Hall–Kier alpha value is -2.82. The number of rotatable bonds is 6. The highest BCUT2D eigenvalue weighted by Crippen LogP contribution is 2.25. The number of aryl methyl sites for hydroxylation is 1. The highest BCUT2D eigenvalue weighted by Gasteiger charge is 2.17. The van der Waals surface area contributed by atoms with Gasteiger partial charge in [-0.2, -0.15) is 0 Å². The van der Waals surface area contributed by atoms with Crippen LogP contribution >= 0.6 is 35.3 Å². The molecule has 6 nitrogen and oxygen atoms in total. The van der Waals surface area contributed by atoms with Gasteiger partial charge in [0.05, 0.1) is 5.75 Å². The van der Waals surface area contributed by atoms with Crippen molar-refractivity contribution in [3.05, 3.63) is 79.8 Å². The molecule has 164 valence electrons. The molecule has 0 aliphatic carbocycles. The van der Waals surface area contributed by atoms with Crippen LogP contribution in [0.15, 0.2) is 58.5 Å². The molecule has 4 rings (SSSR count). The van der Waals surface area contributed by atoms with Crippen molar-refractivity contribution in [2.45, 2.75) is 18.6 Å². The Labute approximate surface area is 196 Å². The lowest BCUT2D eigenvalue weighted by Gasteiger charge is -2.10. The van der Waals surface area contributed by atoms with E-state index in [4.69, 9.17) is 12.2 Å². The van der Waals surface area contributed by atoms with Gasteiger partial charge in [0.2, 0.25) is 5.91 Å². The van der Waals surface area contributed by atoms with Gasteiger partial charge < -0.3 is 5.32 Å². The molecule has 2 aromatic carbocycles. The maximum atomic E-state index is 13.0. The molecule has 0 spiro atoms. The van der Waals surface area contributed by atoms with Crippen LogP contribution in [-0.2, 0) is 18.4 Å². The summed E-state index contributed by atoms with van der Waals surface area (Å²) in [5, 5.41) is 3.21. The molecule has 0 bridgehead atoms. The van der Waals surface area contributed by atoms with E-state index < -0.39 is 0 Å². The number of halogens is 1. The van der Waals surface area contributed by atoms with E-state index in [0.29, 0.717) is 26.0 Å². The maximum absolute atomic E-state index is 13.0. The molecule has 32 heavy (non-hydrogen) atoms. The summed E-state index contributed by atoms with van der Waals surface area (Å²) in [7, 11) is 1.63. The maximum Gasteiger partial charge on any atom is 0.273 e. The first kappa shape index (κ1) is 22.4. The van der Waals surface area contributed by atoms with Crippen LogP contribution in [0.3, 0.4) is 0 Å². The molecule has 10 heteroatoms. The average molecular weight is 487 g/mol. The third kappa shape index (κ3) is 4.67. The average Bonchev–Trinajstić information content (AvgIpc) is 3.11. The van der Waals surface area contributed by atoms with Gasteiger partial charge in [0, 0.05) is 19.3 Å². The van der Waals surface area contributed by atoms with Crippen molar-refractivity contribution in [2.75, 3.05) is 5.75 Å². The number of fused-ring (bicyclic) bond motifs is 1. The van der Waals surface area contributed by atoms with Gasteiger partial charge in [0.25, 0.3) is 5.56 Å². The van der Waals surface area contributed by atoms with Crippen molar-refractivity contribution in [1.82, 2.24) is 19.4 Å². The van der Waals surface area contributed by atoms with Crippen molar-refractivity contribution in [3.8, 4) is 5.69 Å². The molecule has 4 aromatic rings. The fourth-order valence-electron chi connectivity index (χ4n) is 3.05. The van der Waals surface area contributed by atoms with Crippen LogP contribution in [-0.4, -0.2) is 25.8 Å². The molecule has 2 heterocycles. The number of nitrogens with zero attached hydrogens (tertiary/aromatic N) is 3. The molecule has 0 aliphatic rings. The van der Waals surface area contributed by atoms with E-state index in [0.717, 1.165) is 16.8 Å². The molecule has 2 aromatic heterocycles. The molecule has 0 aliphatic heterocycles. The second-order valence-corrected chi connectivity index (χ2v) is 9.73. The van der Waals surface area contributed by atoms with Crippen LogP contribution < -0.4 is 10.9 Å². The zero-order valence-corrected chi connectivity index (χ0v) is 19.7. The number of thioether (sulfide) groups is 1. The monoisotopic (exact) mass is 486 g/mol. The van der Waals surface area contributed by atoms with E-state index in [9.17, 15) is 14.0 Å². The van der Waals surface area contributed by atoms with Crippen molar-refractivity contribution in [2.24, 2.45) is 7.05 Å². The van der Waals surface area contributed by atoms with Gasteiger partial charge in [-0.05, 0) is 49.0 Å². The molecule has 1 amide bonds. The zero-order valence-electron chi connectivity index (χ0n) is 17.3. The fourth-order valence-corrected chi connectivity index (χ4v) is 5.19. The second-order valence-electron chi connectivity index (χ2n) is 7.14. The number of aromatic nitrogens is 3. The van der Waals surface area contributed by atoms with Crippen molar-refractivity contribution < 1.29 is 9.18 Å². The van der Waals surface area contributed by atoms with E-state index in [2.05, 4.69) is 10.3 Å². The SMILES string of the molecule is Cc1ccc(-n2c(=S)sc3c(=O)n(C)c(SCC(=O)NCc4ccc(F)cc4)nc32)cc1. The minimum Gasteiger partial charge on any atom is -0.351 e. The van der Waals surface area contributed by atoms with Gasteiger partial charge in [-0.3, -0.25) is 18.7 Å². The lowest BCUT2D eigenvalue weighted by Crippen LogP contribution is -2.25. The molecule has 1 N–H and O–H groups in total. The Morgan fingerprint density at radius 3 is 2.56 bits per heavy atom.